The van der Waals surface area contributed by atoms with Gasteiger partial charge in [0, 0.05) is 6.54 Å². The summed E-state index contributed by atoms with van der Waals surface area (Å²) < 4.78 is 0. The summed E-state index contributed by atoms with van der Waals surface area (Å²) in [5.74, 6) is 0.330. The monoisotopic (exact) mass is 246 g/mol. The minimum Gasteiger partial charge on any atom is -0.349 e. The smallest absolute Gasteiger partial charge is 0.224 e. The Morgan fingerprint density at radius 3 is 2.72 bits per heavy atom. The fourth-order valence-electron chi connectivity index (χ4n) is 2.39. The predicted molar refractivity (Wildman–Crippen MR) is 73.3 cm³/mol. The second-order valence-corrected chi connectivity index (χ2v) is 5.07. The fraction of sp³-hybridized carbons (Fsp3) is 0.533. The maximum absolute atomic E-state index is 12.1. The van der Waals surface area contributed by atoms with Crippen molar-refractivity contribution in [2.24, 2.45) is 5.92 Å². The summed E-state index contributed by atoms with van der Waals surface area (Å²) in [7, 11) is 0. The van der Waals surface area contributed by atoms with E-state index in [1.165, 1.54) is 11.1 Å². The largest absolute Gasteiger partial charge is 0.349 e. The van der Waals surface area contributed by atoms with E-state index in [9.17, 15) is 4.79 Å². The van der Waals surface area contributed by atoms with E-state index in [-0.39, 0.29) is 17.9 Å². The van der Waals surface area contributed by atoms with Crippen LogP contribution in [0.25, 0.3) is 0 Å². The van der Waals surface area contributed by atoms with Crippen molar-refractivity contribution in [2.75, 3.05) is 13.1 Å². The molecule has 98 valence electrons. The molecule has 1 fully saturated rings. The lowest BCUT2D eigenvalue weighted by molar-refractivity contribution is -0.125. The quantitative estimate of drug-likeness (QED) is 0.855. The molecular weight excluding hydrogens is 224 g/mol. The maximum Gasteiger partial charge on any atom is 0.224 e. The number of carbonyl (C=O) groups excluding carboxylic acids is 1. The molecule has 1 aromatic carbocycles. The number of aryl methyl sites for hydroxylation is 1. The summed E-state index contributed by atoms with van der Waals surface area (Å²) in [5, 5.41) is 6.40. The molecule has 3 heteroatoms. The summed E-state index contributed by atoms with van der Waals surface area (Å²) >= 11 is 0. The van der Waals surface area contributed by atoms with Crippen molar-refractivity contribution in [1.82, 2.24) is 10.6 Å². The minimum atomic E-state index is 0.138. The van der Waals surface area contributed by atoms with Gasteiger partial charge >= 0.3 is 0 Å². The van der Waals surface area contributed by atoms with Gasteiger partial charge in [0.25, 0.3) is 0 Å². The van der Waals surface area contributed by atoms with E-state index in [1.54, 1.807) is 0 Å². The third-order valence-corrected chi connectivity index (χ3v) is 3.64. The average Bonchev–Trinajstić information content (AvgIpc) is 2.91. The lowest BCUT2D eigenvalue weighted by Crippen LogP contribution is -2.34. The molecule has 2 atom stereocenters. The summed E-state index contributed by atoms with van der Waals surface area (Å²) in [4.78, 5) is 12.1. The van der Waals surface area contributed by atoms with Gasteiger partial charge in [-0.05, 0) is 31.9 Å². The van der Waals surface area contributed by atoms with E-state index in [1.807, 2.05) is 0 Å². The number of benzene rings is 1. The van der Waals surface area contributed by atoms with Gasteiger partial charge in [0.1, 0.15) is 0 Å². The van der Waals surface area contributed by atoms with Gasteiger partial charge in [-0.3, -0.25) is 4.79 Å². The Kier molecular flexibility index (Phi) is 4.37. The highest BCUT2D eigenvalue weighted by molar-refractivity contribution is 5.79. The molecule has 0 spiro atoms. The predicted octanol–water partition coefficient (Wildman–Crippen LogP) is 2.17. The minimum absolute atomic E-state index is 0.138. The van der Waals surface area contributed by atoms with Crippen LogP contribution in [0.3, 0.4) is 0 Å². The highest BCUT2D eigenvalue weighted by Crippen LogP contribution is 2.18. The lowest BCUT2D eigenvalue weighted by Gasteiger charge is -2.20. The van der Waals surface area contributed by atoms with Crippen LogP contribution < -0.4 is 10.6 Å². The first-order valence-electron chi connectivity index (χ1n) is 6.78. The number of rotatable bonds is 4. The number of hydrogen-bond donors (Lipinski definition) is 2. The SMILES string of the molecule is CCC(NC(=O)C1CCNC1)c1ccc(C)cc1. The number of nitrogens with one attached hydrogen (secondary N) is 2. The number of hydrogen-bond acceptors (Lipinski definition) is 2. The van der Waals surface area contributed by atoms with E-state index in [2.05, 4.69) is 48.7 Å². The van der Waals surface area contributed by atoms with Crippen LogP contribution in [0.4, 0.5) is 0 Å². The Morgan fingerprint density at radius 1 is 1.44 bits per heavy atom. The molecule has 0 radical (unpaired) electrons. The van der Waals surface area contributed by atoms with Crippen LogP contribution in [0.1, 0.15) is 36.9 Å². The Labute approximate surface area is 109 Å². The molecule has 2 N–H and O–H groups in total. The van der Waals surface area contributed by atoms with Crippen molar-refractivity contribution < 1.29 is 4.79 Å². The maximum atomic E-state index is 12.1. The normalized spacial score (nSPS) is 20.7. The Hall–Kier alpha value is -1.35. The standard InChI is InChI=1S/C15H22N2O/c1-3-14(12-6-4-11(2)5-7-12)17-15(18)13-8-9-16-10-13/h4-7,13-14,16H,3,8-10H2,1-2H3,(H,17,18). The molecule has 1 aliphatic rings. The molecule has 0 aliphatic carbocycles. The Balaban J connectivity index is 2.00. The third-order valence-electron chi connectivity index (χ3n) is 3.64. The van der Waals surface area contributed by atoms with Crippen molar-refractivity contribution in [3.63, 3.8) is 0 Å². The molecule has 0 bridgehead atoms. The van der Waals surface area contributed by atoms with Gasteiger partial charge < -0.3 is 10.6 Å². The topological polar surface area (TPSA) is 41.1 Å². The van der Waals surface area contributed by atoms with Crippen LogP contribution in [-0.2, 0) is 4.79 Å². The van der Waals surface area contributed by atoms with Crippen LogP contribution in [0.15, 0.2) is 24.3 Å². The van der Waals surface area contributed by atoms with Gasteiger partial charge in [-0.1, -0.05) is 36.8 Å². The van der Waals surface area contributed by atoms with E-state index < -0.39 is 0 Å². The molecule has 0 saturated carbocycles. The first-order chi connectivity index (χ1) is 8.70. The average molecular weight is 246 g/mol. The molecule has 18 heavy (non-hydrogen) atoms. The number of carbonyl (C=O) groups is 1. The molecule has 2 rings (SSSR count). The summed E-state index contributed by atoms with van der Waals surface area (Å²) in [6.07, 6.45) is 1.88. The van der Waals surface area contributed by atoms with Crippen LogP contribution in [0, 0.1) is 12.8 Å². The highest BCUT2D eigenvalue weighted by Gasteiger charge is 2.24. The first kappa shape index (κ1) is 13.1. The molecule has 2 unspecified atom stereocenters. The zero-order valence-electron chi connectivity index (χ0n) is 11.2. The van der Waals surface area contributed by atoms with Crippen LogP contribution >= 0.6 is 0 Å². The highest BCUT2D eigenvalue weighted by atomic mass is 16.2. The number of amides is 1. The lowest BCUT2D eigenvalue weighted by atomic mass is 10.0. The van der Waals surface area contributed by atoms with Gasteiger partial charge in [-0.15, -0.1) is 0 Å². The molecule has 0 aromatic heterocycles. The molecule has 1 heterocycles. The van der Waals surface area contributed by atoms with Crippen LogP contribution in [0.5, 0.6) is 0 Å². The van der Waals surface area contributed by atoms with Gasteiger partial charge in [0.15, 0.2) is 0 Å². The third kappa shape index (κ3) is 3.10. The molecule has 1 saturated heterocycles. The zero-order chi connectivity index (χ0) is 13.0. The summed E-state index contributed by atoms with van der Waals surface area (Å²) in [6.45, 7) is 5.96. The van der Waals surface area contributed by atoms with E-state index in [4.69, 9.17) is 0 Å². The summed E-state index contributed by atoms with van der Waals surface area (Å²) in [6, 6.07) is 8.55. The van der Waals surface area contributed by atoms with Crippen molar-refractivity contribution in [3.05, 3.63) is 35.4 Å². The molecule has 3 nitrogen and oxygen atoms in total. The van der Waals surface area contributed by atoms with E-state index in [0.717, 1.165) is 25.9 Å². The van der Waals surface area contributed by atoms with E-state index >= 15 is 0 Å². The van der Waals surface area contributed by atoms with Gasteiger partial charge in [0.05, 0.1) is 12.0 Å². The second-order valence-electron chi connectivity index (χ2n) is 5.07. The summed E-state index contributed by atoms with van der Waals surface area (Å²) in [5.41, 5.74) is 2.45. The first-order valence-corrected chi connectivity index (χ1v) is 6.78. The van der Waals surface area contributed by atoms with Crippen LogP contribution in [-0.4, -0.2) is 19.0 Å². The fourth-order valence-corrected chi connectivity index (χ4v) is 2.39. The van der Waals surface area contributed by atoms with Crippen LogP contribution in [0.2, 0.25) is 0 Å². The second kappa shape index (κ2) is 6.01. The van der Waals surface area contributed by atoms with Crippen molar-refractivity contribution in [1.29, 1.82) is 0 Å². The van der Waals surface area contributed by atoms with Gasteiger partial charge in [-0.2, -0.15) is 0 Å². The van der Waals surface area contributed by atoms with Gasteiger partial charge in [0.2, 0.25) is 5.91 Å². The van der Waals surface area contributed by atoms with E-state index in [0.29, 0.717) is 0 Å². The van der Waals surface area contributed by atoms with Crippen molar-refractivity contribution in [3.8, 4) is 0 Å². The molecule has 1 aromatic rings. The zero-order valence-corrected chi connectivity index (χ0v) is 11.2. The Bertz CT molecular complexity index is 393. The molecular formula is C15H22N2O. The van der Waals surface area contributed by atoms with Gasteiger partial charge in [-0.25, -0.2) is 0 Å². The molecule has 1 amide bonds. The Morgan fingerprint density at radius 2 is 2.17 bits per heavy atom. The van der Waals surface area contributed by atoms with Crippen molar-refractivity contribution in [2.45, 2.75) is 32.7 Å². The molecule has 1 aliphatic heterocycles. The van der Waals surface area contributed by atoms with Crippen molar-refractivity contribution >= 4 is 5.91 Å².